The maximum Gasteiger partial charge on any atom is 0.336 e. The van der Waals surface area contributed by atoms with Gasteiger partial charge in [0.05, 0.1) is 13.7 Å². The van der Waals surface area contributed by atoms with Crippen molar-refractivity contribution in [3.05, 3.63) is 36.0 Å². The second-order valence-electron chi connectivity index (χ2n) is 4.02. The number of para-hydroxylation sites is 1. The fourth-order valence-corrected chi connectivity index (χ4v) is 1.70. The summed E-state index contributed by atoms with van der Waals surface area (Å²) in [6, 6.07) is 9.18. The van der Waals surface area contributed by atoms with Crippen LogP contribution >= 0.6 is 0 Å². The van der Waals surface area contributed by atoms with Crippen LogP contribution in [0.15, 0.2) is 30.3 Å². The Morgan fingerprint density at radius 2 is 2.16 bits per heavy atom. The van der Waals surface area contributed by atoms with Crippen molar-refractivity contribution in [1.29, 1.82) is 0 Å². The van der Waals surface area contributed by atoms with E-state index in [9.17, 15) is 14.7 Å². The van der Waals surface area contributed by atoms with Gasteiger partial charge in [0.1, 0.15) is 5.69 Å². The Morgan fingerprint density at radius 1 is 1.42 bits per heavy atom. The van der Waals surface area contributed by atoms with Gasteiger partial charge in [0, 0.05) is 10.9 Å². The molecule has 19 heavy (non-hydrogen) atoms. The van der Waals surface area contributed by atoms with Crippen LogP contribution < -0.4 is 5.32 Å². The molecule has 0 saturated heterocycles. The van der Waals surface area contributed by atoms with Gasteiger partial charge in [-0.05, 0) is 12.1 Å². The number of carbonyl (C=O) groups is 2. The maximum atomic E-state index is 11.8. The summed E-state index contributed by atoms with van der Waals surface area (Å²) in [4.78, 5) is 25.7. The molecule has 0 aliphatic rings. The van der Waals surface area contributed by atoms with Gasteiger partial charge >= 0.3 is 5.97 Å². The topological polar surface area (TPSA) is 91.4 Å². The van der Waals surface area contributed by atoms with Crippen LogP contribution in [0.3, 0.4) is 0 Å². The summed E-state index contributed by atoms with van der Waals surface area (Å²) < 4.78 is 4.35. The first-order chi connectivity index (χ1) is 9.11. The smallest absolute Gasteiger partial charge is 0.336 e. The molecular weight excluding hydrogens is 248 g/mol. The highest BCUT2D eigenvalue weighted by atomic mass is 16.5. The zero-order chi connectivity index (χ0) is 13.8. The summed E-state index contributed by atoms with van der Waals surface area (Å²) >= 11 is 0. The van der Waals surface area contributed by atoms with Crippen LogP contribution in [0.1, 0.15) is 10.5 Å². The third-order valence-electron chi connectivity index (χ3n) is 2.70. The molecule has 0 bridgehead atoms. The summed E-state index contributed by atoms with van der Waals surface area (Å²) in [6.45, 7) is -0.194. The minimum atomic E-state index is -1.36. The molecule has 0 aliphatic heterocycles. The first kappa shape index (κ1) is 13.1. The van der Waals surface area contributed by atoms with Crippen LogP contribution in [0.25, 0.3) is 10.9 Å². The van der Waals surface area contributed by atoms with E-state index in [-0.39, 0.29) is 12.5 Å². The lowest BCUT2D eigenvalue weighted by Gasteiger charge is -2.08. The molecule has 2 aromatic rings. The lowest BCUT2D eigenvalue weighted by Crippen LogP contribution is -2.37. The van der Waals surface area contributed by atoms with E-state index in [2.05, 4.69) is 15.0 Å². The number of hydrogen-bond acceptors (Lipinski definition) is 4. The number of H-pyrrole nitrogens is 1. The molecule has 1 atom stereocenters. The molecule has 6 nitrogen and oxygen atoms in total. The number of esters is 1. The Hall–Kier alpha value is -2.34. The zero-order valence-electron chi connectivity index (χ0n) is 10.3. The predicted octanol–water partition coefficient (Wildman–Crippen LogP) is 0.432. The van der Waals surface area contributed by atoms with Crippen molar-refractivity contribution in [1.82, 2.24) is 10.3 Å². The highest BCUT2D eigenvalue weighted by Crippen LogP contribution is 2.14. The number of rotatable bonds is 4. The molecule has 0 aliphatic carbocycles. The molecule has 100 valence electrons. The van der Waals surface area contributed by atoms with Gasteiger partial charge in [0.25, 0.3) is 5.91 Å². The third kappa shape index (κ3) is 2.92. The van der Waals surface area contributed by atoms with Crippen molar-refractivity contribution in [3.8, 4) is 0 Å². The number of benzene rings is 1. The summed E-state index contributed by atoms with van der Waals surface area (Å²) in [5, 5.41) is 12.7. The van der Waals surface area contributed by atoms with E-state index >= 15 is 0 Å². The van der Waals surface area contributed by atoms with Gasteiger partial charge in [0.15, 0.2) is 6.10 Å². The quantitative estimate of drug-likeness (QED) is 0.697. The lowest BCUT2D eigenvalue weighted by molar-refractivity contribution is -0.149. The summed E-state index contributed by atoms with van der Waals surface area (Å²) in [5.41, 5.74) is 1.22. The van der Waals surface area contributed by atoms with Crippen LogP contribution in [-0.2, 0) is 9.53 Å². The van der Waals surface area contributed by atoms with Gasteiger partial charge < -0.3 is 20.1 Å². The van der Waals surface area contributed by atoms with E-state index < -0.39 is 12.1 Å². The zero-order valence-corrected chi connectivity index (χ0v) is 10.3. The number of methoxy groups -OCH3 is 1. The molecule has 1 unspecified atom stereocenters. The number of ether oxygens (including phenoxy) is 1. The molecule has 6 heteroatoms. The van der Waals surface area contributed by atoms with Gasteiger partial charge in [-0.15, -0.1) is 0 Å². The molecule has 1 aromatic heterocycles. The van der Waals surface area contributed by atoms with Gasteiger partial charge in [-0.25, -0.2) is 4.79 Å². The monoisotopic (exact) mass is 262 g/mol. The van der Waals surface area contributed by atoms with E-state index in [4.69, 9.17) is 0 Å². The SMILES string of the molecule is COC(=O)C(O)CNC(=O)c1cc2ccccc2[nH]1. The Bertz CT molecular complexity index is 572. The summed E-state index contributed by atoms with van der Waals surface area (Å²) in [6.07, 6.45) is -1.36. The van der Waals surface area contributed by atoms with Crippen molar-refractivity contribution >= 4 is 22.8 Å². The Morgan fingerprint density at radius 3 is 2.84 bits per heavy atom. The minimum absolute atomic E-state index is 0.194. The number of amides is 1. The molecule has 0 spiro atoms. The Labute approximate surface area is 109 Å². The van der Waals surface area contributed by atoms with Crippen molar-refractivity contribution in [3.63, 3.8) is 0 Å². The number of carbonyl (C=O) groups excluding carboxylic acids is 2. The lowest BCUT2D eigenvalue weighted by atomic mass is 10.2. The standard InChI is InChI=1S/C13H14N2O4/c1-19-13(18)11(16)7-14-12(17)10-6-8-4-2-3-5-9(8)15-10/h2-6,11,15-16H,7H2,1H3,(H,14,17). The van der Waals surface area contributed by atoms with Crippen LogP contribution in [0.5, 0.6) is 0 Å². The van der Waals surface area contributed by atoms with Crippen LogP contribution in [-0.4, -0.2) is 41.7 Å². The number of fused-ring (bicyclic) bond motifs is 1. The first-order valence-electron chi connectivity index (χ1n) is 5.73. The van der Waals surface area contributed by atoms with Gasteiger partial charge in [-0.2, -0.15) is 0 Å². The molecule has 2 rings (SSSR count). The Balaban J connectivity index is 2.02. The Kier molecular flexibility index (Phi) is 3.82. The minimum Gasteiger partial charge on any atom is -0.467 e. The normalized spacial score (nSPS) is 12.1. The number of aromatic nitrogens is 1. The van der Waals surface area contributed by atoms with E-state index in [1.807, 2.05) is 24.3 Å². The first-order valence-corrected chi connectivity index (χ1v) is 5.73. The average Bonchev–Trinajstić information content (AvgIpc) is 2.87. The average molecular weight is 262 g/mol. The highest BCUT2D eigenvalue weighted by molar-refractivity contribution is 5.98. The number of aliphatic hydroxyl groups excluding tert-OH is 1. The molecule has 1 amide bonds. The molecule has 0 fully saturated rings. The van der Waals surface area contributed by atoms with Crippen molar-refractivity contribution in [2.24, 2.45) is 0 Å². The number of aromatic amines is 1. The molecular formula is C13H14N2O4. The van der Waals surface area contributed by atoms with Crippen molar-refractivity contribution < 1.29 is 19.4 Å². The van der Waals surface area contributed by atoms with Crippen molar-refractivity contribution in [2.75, 3.05) is 13.7 Å². The van der Waals surface area contributed by atoms with Gasteiger partial charge in [-0.3, -0.25) is 4.79 Å². The second kappa shape index (κ2) is 5.53. The van der Waals surface area contributed by atoms with Crippen LogP contribution in [0.2, 0.25) is 0 Å². The van der Waals surface area contributed by atoms with Crippen molar-refractivity contribution in [2.45, 2.75) is 6.10 Å². The van der Waals surface area contributed by atoms with E-state index in [0.717, 1.165) is 10.9 Å². The summed E-state index contributed by atoms with van der Waals surface area (Å²) in [5.74, 6) is -1.17. The second-order valence-corrected chi connectivity index (χ2v) is 4.02. The largest absolute Gasteiger partial charge is 0.467 e. The van der Waals surface area contributed by atoms with Crippen LogP contribution in [0.4, 0.5) is 0 Å². The molecule has 0 radical (unpaired) electrons. The highest BCUT2D eigenvalue weighted by Gasteiger charge is 2.17. The summed E-state index contributed by atoms with van der Waals surface area (Å²) in [7, 11) is 1.17. The number of aliphatic hydroxyl groups is 1. The number of nitrogens with one attached hydrogen (secondary N) is 2. The molecule has 1 aromatic carbocycles. The predicted molar refractivity (Wildman–Crippen MR) is 68.7 cm³/mol. The van der Waals surface area contributed by atoms with Gasteiger partial charge in [0.2, 0.25) is 0 Å². The number of hydrogen-bond donors (Lipinski definition) is 3. The molecule has 3 N–H and O–H groups in total. The fraction of sp³-hybridized carbons (Fsp3) is 0.231. The van der Waals surface area contributed by atoms with E-state index in [1.54, 1.807) is 6.07 Å². The molecule has 0 saturated carbocycles. The maximum absolute atomic E-state index is 11.8. The van der Waals surface area contributed by atoms with Crippen LogP contribution in [0, 0.1) is 0 Å². The third-order valence-corrected chi connectivity index (χ3v) is 2.70. The van der Waals surface area contributed by atoms with E-state index in [0.29, 0.717) is 5.69 Å². The fourth-order valence-electron chi connectivity index (χ4n) is 1.70. The van der Waals surface area contributed by atoms with E-state index in [1.165, 1.54) is 7.11 Å². The van der Waals surface area contributed by atoms with Gasteiger partial charge in [-0.1, -0.05) is 18.2 Å². The molecule has 1 heterocycles.